The quantitative estimate of drug-likeness (QED) is 0.141. The molecule has 15 heteroatoms. The van der Waals surface area contributed by atoms with E-state index in [1.807, 2.05) is 12.4 Å². The van der Waals surface area contributed by atoms with Gasteiger partial charge in [-0.05, 0) is 31.7 Å². The van der Waals surface area contributed by atoms with Crippen LogP contribution in [0.25, 0.3) is 10.3 Å². The molecule has 0 aliphatic carbocycles. The number of nitrogens with zero attached hydrogens (tertiary/aromatic N) is 4. The van der Waals surface area contributed by atoms with Crippen LogP contribution in [0.2, 0.25) is 0 Å². The standard InChI is InChI=1S/C25H26N6O6S3/c1-26-9-12-36-20-7-6-19-24(29-20)39-25(28-19)30-23(32)22(31-37-15-21-27-10-13-38-21)16-2-4-17(5-3-16)40(33,34)18-8-11-35-14-18/h2-7,10,13,18,26H,8-9,11-12,14-15H2,1H3,(H,28,30,32)/b31-22+/t18-/m0/s1. The maximum absolute atomic E-state index is 13.4. The number of nitrogens with one attached hydrogen (secondary N) is 2. The Bertz CT molecular complexity index is 1580. The minimum Gasteiger partial charge on any atom is -0.476 e. The van der Waals surface area contributed by atoms with Gasteiger partial charge in [0.05, 0.1) is 16.8 Å². The summed E-state index contributed by atoms with van der Waals surface area (Å²) < 4.78 is 36.7. The van der Waals surface area contributed by atoms with Crippen LogP contribution in [0.1, 0.15) is 17.0 Å². The van der Waals surface area contributed by atoms with Crippen LogP contribution in [-0.2, 0) is 30.8 Å². The smallest absolute Gasteiger partial charge is 0.280 e. The first-order valence-electron chi connectivity index (χ1n) is 12.3. The highest BCUT2D eigenvalue weighted by Gasteiger charge is 2.31. The number of rotatable bonds is 12. The molecule has 1 atom stereocenters. The highest BCUT2D eigenvalue weighted by molar-refractivity contribution is 7.92. The van der Waals surface area contributed by atoms with E-state index in [2.05, 4.69) is 30.7 Å². The number of amides is 1. The molecule has 5 rings (SSSR count). The molecule has 1 aromatic carbocycles. The summed E-state index contributed by atoms with van der Waals surface area (Å²) in [6, 6.07) is 9.47. The number of anilines is 1. The maximum atomic E-state index is 13.4. The fourth-order valence-corrected chi connectivity index (χ4v) is 6.73. The number of carbonyl (C=O) groups excluding carboxylic acids is 1. The van der Waals surface area contributed by atoms with Gasteiger partial charge >= 0.3 is 0 Å². The molecule has 0 saturated carbocycles. The molecular formula is C25H26N6O6S3. The highest BCUT2D eigenvalue weighted by Crippen LogP contribution is 2.27. The average molecular weight is 603 g/mol. The van der Waals surface area contributed by atoms with Crippen molar-refractivity contribution in [1.29, 1.82) is 0 Å². The van der Waals surface area contributed by atoms with Gasteiger partial charge in [0.15, 0.2) is 27.3 Å². The van der Waals surface area contributed by atoms with Gasteiger partial charge < -0.3 is 19.6 Å². The monoisotopic (exact) mass is 602 g/mol. The van der Waals surface area contributed by atoms with E-state index in [1.54, 1.807) is 18.3 Å². The minimum atomic E-state index is -3.56. The van der Waals surface area contributed by atoms with Crippen LogP contribution in [0.3, 0.4) is 0 Å². The lowest BCUT2D eigenvalue weighted by Gasteiger charge is -2.11. The predicted molar refractivity (Wildman–Crippen MR) is 152 cm³/mol. The van der Waals surface area contributed by atoms with Gasteiger partial charge in [0, 0.05) is 36.4 Å². The largest absolute Gasteiger partial charge is 0.476 e. The zero-order valence-corrected chi connectivity index (χ0v) is 23.9. The lowest BCUT2D eigenvalue weighted by Crippen LogP contribution is -2.25. The average Bonchev–Trinajstić information content (AvgIpc) is 3.74. The van der Waals surface area contributed by atoms with E-state index in [1.165, 1.54) is 46.9 Å². The molecule has 0 bridgehead atoms. The Labute approximate surface area is 238 Å². The minimum absolute atomic E-state index is 0.0481. The Balaban J connectivity index is 1.36. The molecule has 1 amide bonds. The first kappa shape index (κ1) is 28.0. The second kappa shape index (κ2) is 12.8. The molecule has 0 spiro atoms. The number of carbonyl (C=O) groups is 1. The van der Waals surface area contributed by atoms with E-state index in [9.17, 15) is 13.2 Å². The normalized spacial score (nSPS) is 15.8. The van der Waals surface area contributed by atoms with Crippen LogP contribution in [-0.4, -0.2) is 73.7 Å². The van der Waals surface area contributed by atoms with Crippen LogP contribution in [0.4, 0.5) is 5.13 Å². The Morgan fingerprint density at radius 2 is 2.05 bits per heavy atom. The van der Waals surface area contributed by atoms with Crippen molar-refractivity contribution in [3.63, 3.8) is 0 Å². The van der Waals surface area contributed by atoms with Gasteiger partial charge in [-0.25, -0.2) is 23.4 Å². The number of aromatic nitrogens is 3. The van der Waals surface area contributed by atoms with Crippen LogP contribution in [0.15, 0.2) is 58.0 Å². The van der Waals surface area contributed by atoms with E-state index in [-0.39, 0.29) is 23.8 Å². The number of fused-ring (bicyclic) bond motifs is 1. The molecule has 0 radical (unpaired) electrons. The lowest BCUT2D eigenvalue weighted by atomic mass is 10.1. The summed E-state index contributed by atoms with van der Waals surface area (Å²) in [7, 11) is -1.72. The van der Waals surface area contributed by atoms with Crippen LogP contribution in [0, 0.1) is 0 Å². The second-order valence-corrected chi connectivity index (χ2v) is 12.8. The molecule has 40 heavy (non-hydrogen) atoms. The topological polar surface area (TPSA) is 154 Å². The van der Waals surface area contributed by atoms with Crippen LogP contribution < -0.4 is 15.4 Å². The number of benzene rings is 1. The summed E-state index contributed by atoms with van der Waals surface area (Å²) in [6.45, 7) is 1.81. The third-order valence-corrected chi connectivity index (χ3v) is 9.69. The Kier molecular flexibility index (Phi) is 8.96. The van der Waals surface area contributed by atoms with E-state index >= 15 is 0 Å². The molecule has 3 aromatic heterocycles. The number of hydrogen-bond donors (Lipinski definition) is 2. The van der Waals surface area contributed by atoms with Crippen LogP contribution in [0.5, 0.6) is 5.88 Å². The fraction of sp³-hybridized carbons (Fsp3) is 0.320. The molecule has 12 nitrogen and oxygen atoms in total. The summed E-state index contributed by atoms with van der Waals surface area (Å²) >= 11 is 2.58. The van der Waals surface area contributed by atoms with Gasteiger partial charge in [0.25, 0.3) is 5.91 Å². The molecule has 1 aliphatic rings. The third-order valence-electron chi connectivity index (χ3n) is 5.88. The Morgan fingerprint density at radius 1 is 1.20 bits per heavy atom. The van der Waals surface area contributed by atoms with Crippen molar-refractivity contribution in [2.45, 2.75) is 23.2 Å². The summed E-state index contributed by atoms with van der Waals surface area (Å²) in [4.78, 5) is 32.6. The van der Waals surface area contributed by atoms with Crippen molar-refractivity contribution in [2.24, 2.45) is 5.16 Å². The number of hydrogen-bond acceptors (Lipinski definition) is 13. The zero-order chi connectivity index (χ0) is 28.0. The molecule has 1 fully saturated rings. The number of sulfone groups is 1. The third kappa shape index (κ3) is 6.62. The van der Waals surface area contributed by atoms with Gasteiger partial charge in [0.1, 0.15) is 22.0 Å². The molecule has 4 heterocycles. The molecule has 210 valence electrons. The van der Waals surface area contributed by atoms with Crippen molar-refractivity contribution in [3.8, 4) is 5.88 Å². The van der Waals surface area contributed by atoms with Gasteiger partial charge in [-0.15, -0.1) is 11.3 Å². The summed E-state index contributed by atoms with van der Waals surface area (Å²) in [5.74, 6) is -0.121. The second-order valence-electron chi connectivity index (χ2n) is 8.59. The highest BCUT2D eigenvalue weighted by atomic mass is 32.2. The number of likely N-dealkylation sites (N-methyl/N-ethyl adjacent to an activating group) is 1. The molecule has 1 aliphatic heterocycles. The van der Waals surface area contributed by atoms with Gasteiger partial charge in [-0.2, -0.15) is 0 Å². The first-order valence-corrected chi connectivity index (χ1v) is 15.5. The molecule has 4 aromatic rings. The number of thiazole rings is 2. The van der Waals surface area contributed by atoms with E-state index < -0.39 is 21.0 Å². The van der Waals surface area contributed by atoms with Crippen molar-refractivity contribution >= 4 is 59.6 Å². The SMILES string of the molecule is CNCCOc1ccc2nc(NC(=O)/C(=N/OCc3nccs3)c3ccc(S(=O)(=O)[C@H]4CCOC4)cc3)sc2n1. The number of ether oxygens (including phenoxy) is 2. The maximum Gasteiger partial charge on any atom is 0.280 e. The van der Waals surface area contributed by atoms with E-state index in [0.29, 0.717) is 58.1 Å². The molecule has 0 unspecified atom stereocenters. The molecule has 2 N–H and O–H groups in total. The zero-order valence-electron chi connectivity index (χ0n) is 21.4. The van der Waals surface area contributed by atoms with Gasteiger partial charge in [-0.3, -0.25) is 10.1 Å². The van der Waals surface area contributed by atoms with Crippen molar-refractivity contribution in [2.75, 3.05) is 38.7 Å². The molecule has 1 saturated heterocycles. The number of pyridine rings is 1. The summed E-state index contributed by atoms with van der Waals surface area (Å²) in [6.07, 6.45) is 2.10. The molecular weight excluding hydrogens is 577 g/mol. The predicted octanol–water partition coefficient (Wildman–Crippen LogP) is 2.87. The van der Waals surface area contributed by atoms with Crippen molar-refractivity contribution in [3.05, 3.63) is 58.5 Å². The Hall–Kier alpha value is -3.50. The van der Waals surface area contributed by atoms with Crippen molar-refractivity contribution in [1.82, 2.24) is 20.3 Å². The fourth-order valence-electron chi connectivity index (χ4n) is 3.80. The van der Waals surface area contributed by atoms with E-state index in [4.69, 9.17) is 14.3 Å². The Morgan fingerprint density at radius 3 is 2.77 bits per heavy atom. The van der Waals surface area contributed by atoms with Crippen molar-refractivity contribution < 1.29 is 27.5 Å². The first-order chi connectivity index (χ1) is 19.4. The lowest BCUT2D eigenvalue weighted by molar-refractivity contribution is -0.110. The number of oxime groups is 1. The summed E-state index contributed by atoms with van der Waals surface area (Å²) in [5, 5.41) is 12.1. The van der Waals surface area contributed by atoms with E-state index in [0.717, 1.165) is 0 Å². The van der Waals surface area contributed by atoms with Crippen LogP contribution >= 0.6 is 22.7 Å². The summed E-state index contributed by atoms with van der Waals surface area (Å²) in [5.41, 5.74) is 0.927. The van der Waals surface area contributed by atoms with Gasteiger partial charge in [0.2, 0.25) is 5.88 Å². The van der Waals surface area contributed by atoms with Gasteiger partial charge in [-0.1, -0.05) is 28.6 Å².